The van der Waals surface area contributed by atoms with Crippen molar-refractivity contribution >= 4 is 5.91 Å². The first-order valence-corrected chi connectivity index (χ1v) is 6.85. The van der Waals surface area contributed by atoms with Crippen LogP contribution in [0.1, 0.15) is 24.8 Å². The van der Waals surface area contributed by atoms with E-state index in [0.29, 0.717) is 12.5 Å². The normalized spacial score (nSPS) is 27.5. The Labute approximate surface area is 108 Å². The Kier molecular flexibility index (Phi) is 3.08. The second kappa shape index (κ2) is 4.73. The SMILES string of the molecule is NC(Cc1ccccc1)C(=O)N1CCCC2CC21. The number of likely N-dealkylation sites (tertiary alicyclic amines) is 1. The van der Waals surface area contributed by atoms with Crippen molar-refractivity contribution in [2.45, 2.75) is 37.8 Å². The molecule has 0 spiro atoms. The smallest absolute Gasteiger partial charge is 0.240 e. The summed E-state index contributed by atoms with van der Waals surface area (Å²) in [6.45, 7) is 0.905. The number of nitrogens with zero attached hydrogens (tertiary/aromatic N) is 1. The predicted molar refractivity (Wildman–Crippen MR) is 71.0 cm³/mol. The van der Waals surface area contributed by atoms with E-state index in [1.165, 1.54) is 12.8 Å². The Morgan fingerprint density at radius 3 is 2.94 bits per heavy atom. The molecule has 18 heavy (non-hydrogen) atoms. The van der Waals surface area contributed by atoms with Crippen molar-refractivity contribution in [1.29, 1.82) is 0 Å². The molecule has 1 saturated carbocycles. The minimum absolute atomic E-state index is 0.144. The van der Waals surface area contributed by atoms with Crippen molar-refractivity contribution in [2.75, 3.05) is 6.54 Å². The maximum atomic E-state index is 12.3. The lowest BCUT2D eigenvalue weighted by Crippen LogP contribution is -2.47. The molecular formula is C15H20N2O. The predicted octanol–water partition coefficient (Wildman–Crippen LogP) is 1.57. The fraction of sp³-hybridized carbons (Fsp3) is 0.533. The molecule has 2 N–H and O–H groups in total. The molecule has 1 aromatic rings. The molecule has 0 bridgehead atoms. The van der Waals surface area contributed by atoms with Gasteiger partial charge in [-0.05, 0) is 37.2 Å². The lowest BCUT2D eigenvalue weighted by atomic mass is 10.0. The molecule has 3 heteroatoms. The minimum atomic E-state index is -0.383. The van der Waals surface area contributed by atoms with Crippen LogP contribution < -0.4 is 5.73 Å². The van der Waals surface area contributed by atoms with E-state index >= 15 is 0 Å². The third-order valence-corrected chi connectivity index (χ3v) is 4.16. The summed E-state index contributed by atoms with van der Waals surface area (Å²) < 4.78 is 0. The summed E-state index contributed by atoms with van der Waals surface area (Å²) >= 11 is 0. The Morgan fingerprint density at radius 1 is 1.39 bits per heavy atom. The number of fused-ring (bicyclic) bond motifs is 1. The minimum Gasteiger partial charge on any atom is -0.338 e. The summed E-state index contributed by atoms with van der Waals surface area (Å²) in [5.41, 5.74) is 7.21. The van der Waals surface area contributed by atoms with Crippen molar-refractivity contribution in [3.05, 3.63) is 35.9 Å². The highest BCUT2D eigenvalue weighted by molar-refractivity contribution is 5.82. The molecule has 1 aliphatic heterocycles. The van der Waals surface area contributed by atoms with E-state index in [1.54, 1.807) is 0 Å². The van der Waals surface area contributed by atoms with Gasteiger partial charge in [-0.25, -0.2) is 0 Å². The topological polar surface area (TPSA) is 46.3 Å². The third kappa shape index (κ3) is 2.27. The molecule has 3 nitrogen and oxygen atoms in total. The number of carbonyl (C=O) groups excluding carboxylic acids is 1. The first-order valence-electron chi connectivity index (χ1n) is 6.85. The third-order valence-electron chi connectivity index (χ3n) is 4.16. The molecular weight excluding hydrogens is 224 g/mol. The Bertz CT molecular complexity index is 431. The Hall–Kier alpha value is -1.35. The lowest BCUT2D eigenvalue weighted by molar-refractivity contribution is -0.134. The van der Waals surface area contributed by atoms with Crippen LogP contribution >= 0.6 is 0 Å². The molecule has 1 amide bonds. The van der Waals surface area contributed by atoms with Gasteiger partial charge in [-0.15, -0.1) is 0 Å². The van der Waals surface area contributed by atoms with Gasteiger partial charge >= 0.3 is 0 Å². The summed E-state index contributed by atoms with van der Waals surface area (Å²) in [5.74, 6) is 0.915. The van der Waals surface area contributed by atoms with Gasteiger partial charge in [0.2, 0.25) is 5.91 Å². The molecule has 3 rings (SSSR count). The van der Waals surface area contributed by atoms with Gasteiger partial charge in [-0.1, -0.05) is 30.3 Å². The van der Waals surface area contributed by atoms with E-state index in [0.717, 1.165) is 24.4 Å². The monoisotopic (exact) mass is 244 g/mol. The first-order chi connectivity index (χ1) is 8.75. The molecule has 3 unspecified atom stereocenters. The van der Waals surface area contributed by atoms with Crippen LogP contribution in [-0.2, 0) is 11.2 Å². The van der Waals surface area contributed by atoms with Crippen molar-refractivity contribution in [1.82, 2.24) is 4.90 Å². The fourth-order valence-corrected chi connectivity index (χ4v) is 3.06. The zero-order valence-electron chi connectivity index (χ0n) is 10.6. The van der Waals surface area contributed by atoms with E-state index in [9.17, 15) is 4.79 Å². The average Bonchev–Trinajstić information content (AvgIpc) is 3.18. The maximum Gasteiger partial charge on any atom is 0.240 e. The average molecular weight is 244 g/mol. The second-order valence-electron chi connectivity index (χ2n) is 5.53. The second-order valence-corrected chi connectivity index (χ2v) is 5.53. The van der Waals surface area contributed by atoms with Gasteiger partial charge in [0.15, 0.2) is 0 Å². The van der Waals surface area contributed by atoms with E-state index in [2.05, 4.69) is 0 Å². The summed E-state index contributed by atoms with van der Waals surface area (Å²) in [7, 11) is 0. The number of benzene rings is 1. The number of nitrogens with two attached hydrogens (primary N) is 1. The maximum absolute atomic E-state index is 12.3. The van der Waals surface area contributed by atoms with Crippen molar-refractivity contribution in [3.8, 4) is 0 Å². The van der Waals surface area contributed by atoms with Gasteiger partial charge < -0.3 is 10.6 Å². The molecule has 96 valence electrons. The molecule has 1 saturated heterocycles. The zero-order valence-corrected chi connectivity index (χ0v) is 10.6. The fourth-order valence-electron chi connectivity index (χ4n) is 3.06. The van der Waals surface area contributed by atoms with Crippen LogP contribution in [0.4, 0.5) is 0 Å². The molecule has 1 heterocycles. The summed E-state index contributed by atoms with van der Waals surface area (Å²) in [6.07, 6.45) is 4.28. The van der Waals surface area contributed by atoms with Crippen LogP contribution in [0, 0.1) is 5.92 Å². The molecule has 0 aromatic heterocycles. The van der Waals surface area contributed by atoms with Gasteiger partial charge in [-0.3, -0.25) is 4.79 Å². The van der Waals surface area contributed by atoms with Gasteiger partial charge in [-0.2, -0.15) is 0 Å². The van der Waals surface area contributed by atoms with Crippen LogP contribution in [0.15, 0.2) is 30.3 Å². The van der Waals surface area contributed by atoms with E-state index in [-0.39, 0.29) is 11.9 Å². The molecule has 2 aliphatic rings. The molecule has 1 aromatic carbocycles. The number of piperidine rings is 1. The standard InChI is InChI=1S/C15H20N2O/c16-13(9-11-5-2-1-3-6-11)15(18)17-8-4-7-12-10-14(12)17/h1-3,5-6,12-14H,4,7-10,16H2. The van der Waals surface area contributed by atoms with Crippen LogP contribution in [0.25, 0.3) is 0 Å². The highest BCUT2D eigenvalue weighted by Gasteiger charge is 2.46. The van der Waals surface area contributed by atoms with Crippen LogP contribution in [0.5, 0.6) is 0 Å². The highest BCUT2D eigenvalue weighted by atomic mass is 16.2. The van der Waals surface area contributed by atoms with Gasteiger partial charge in [0.05, 0.1) is 6.04 Å². The summed E-state index contributed by atoms with van der Waals surface area (Å²) in [4.78, 5) is 14.4. The van der Waals surface area contributed by atoms with Crippen LogP contribution in [0.3, 0.4) is 0 Å². The number of hydrogen-bond donors (Lipinski definition) is 1. The quantitative estimate of drug-likeness (QED) is 0.877. The lowest BCUT2D eigenvalue weighted by Gasteiger charge is -2.29. The summed E-state index contributed by atoms with van der Waals surface area (Å²) in [6, 6.07) is 10.2. The van der Waals surface area contributed by atoms with E-state index in [4.69, 9.17) is 5.73 Å². The molecule has 2 fully saturated rings. The van der Waals surface area contributed by atoms with Crippen LogP contribution in [-0.4, -0.2) is 29.4 Å². The molecule has 0 radical (unpaired) electrons. The number of amides is 1. The van der Waals surface area contributed by atoms with E-state index < -0.39 is 0 Å². The molecule has 3 atom stereocenters. The largest absolute Gasteiger partial charge is 0.338 e. The van der Waals surface area contributed by atoms with Crippen LogP contribution in [0.2, 0.25) is 0 Å². The highest BCUT2D eigenvalue weighted by Crippen LogP contribution is 2.43. The Balaban J connectivity index is 1.62. The number of rotatable bonds is 3. The first kappa shape index (κ1) is 11.7. The van der Waals surface area contributed by atoms with Gasteiger partial charge in [0, 0.05) is 12.6 Å². The van der Waals surface area contributed by atoms with E-state index in [1.807, 2.05) is 35.2 Å². The number of hydrogen-bond acceptors (Lipinski definition) is 2. The number of carbonyl (C=O) groups is 1. The van der Waals surface area contributed by atoms with Gasteiger partial charge in [0.25, 0.3) is 0 Å². The van der Waals surface area contributed by atoms with Crippen molar-refractivity contribution in [3.63, 3.8) is 0 Å². The van der Waals surface area contributed by atoms with Crippen molar-refractivity contribution < 1.29 is 4.79 Å². The molecule has 1 aliphatic carbocycles. The summed E-state index contributed by atoms with van der Waals surface area (Å²) in [5, 5.41) is 0. The Morgan fingerprint density at radius 2 is 2.17 bits per heavy atom. The van der Waals surface area contributed by atoms with Gasteiger partial charge in [0.1, 0.15) is 0 Å². The zero-order chi connectivity index (χ0) is 12.5. The van der Waals surface area contributed by atoms with Crippen molar-refractivity contribution in [2.24, 2.45) is 11.7 Å².